The van der Waals surface area contributed by atoms with E-state index in [0.717, 1.165) is 16.8 Å². The molecule has 0 fully saturated rings. The Morgan fingerprint density at radius 1 is 0.929 bits per heavy atom. The van der Waals surface area contributed by atoms with Gasteiger partial charge in [0, 0.05) is 21.7 Å². The lowest BCUT2D eigenvalue weighted by Gasteiger charge is -2.15. The number of benzene rings is 3. The number of hydrogen-bond donors (Lipinski definition) is 0. The van der Waals surface area contributed by atoms with E-state index in [-0.39, 0.29) is 11.7 Å². The van der Waals surface area contributed by atoms with Gasteiger partial charge in [0.1, 0.15) is 6.33 Å². The number of nitrogens with zero attached hydrogens (tertiary/aromatic N) is 3. The third-order valence-corrected chi connectivity index (χ3v) is 4.93. The molecule has 1 heterocycles. The van der Waals surface area contributed by atoms with Crippen molar-refractivity contribution in [2.24, 2.45) is 0 Å². The molecule has 0 aliphatic carbocycles. The Morgan fingerprint density at radius 2 is 1.68 bits per heavy atom. The van der Waals surface area contributed by atoms with Gasteiger partial charge < -0.3 is 0 Å². The van der Waals surface area contributed by atoms with Gasteiger partial charge in [-0.05, 0) is 23.8 Å². The van der Waals surface area contributed by atoms with E-state index in [4.69, 9.17) is 23.2 Å². The number of carbonyl (C=O) groups excluding carboxylic acids is 1. The summed E-state index contributed by atoms with van der Waals surface area (Å²) in [6.45, 7) is 0. The molecule has 4 aromatic rings. The lowest BCUT2D eigenvalue weighted by atomic mass is 9.93. The summed E-state index contributed by atoms with van der Waals surface area (Å²) in [5, 5.41) is 8.59. The van der Waals surface area contributed by atoms with Gasteiger partial charge in [0.15, 0.2) is 11.6 Å². The second-order valence-electron chi connectivity index (χ2n) is 6.15. The predicted molar refractivity (Wildman–Crippen MR) is 111 cm³/mol. The molecule has 1 aromatic heterocycles. The van der Waals surface area contributed by atoms with Gasteiger partial charge >= 0.3 is 0 Å². The maximum Gasteiger partial charge on any atom is 0.193 e. The van der Waals surface area contributed by atoms with E-state index >= 15 is 0 Å². The van der Waals surface area contributed by atoms with Crippen LogP contribution in [0.5, 0.6) is 0 Å². The predicted octanol–water partition coefficient (Wildman–Crippen LogP) is 5.56. The first-order chi connectivity index (χ1) is 13.7. The Hall–Kier alpha value is -2.95. The third-order valence-electron chi connectivity index (χ3n) is 4.45. The molecular weight excluding hydrogens is 393 g/mol. The lowest BCUT2D eigenvalue weighted by Crippen LogP contribution is -2.06. The average molecular weight is 408 g/mol. The second-order valence-corrected chi connectivity index (χ2v) is 6.86. The highest BCUT2D eigenvalue weighted by atomic mass is 35.5. The van der Waals surface area contributed by atoms with E-state index in [2.05, 4.69) is 10.2 Å². The fourth-order valence-corrected chi connectivity index (χ4v) is 3.50. The number of hydrogen-bond acceptors (Lipinski definition) is 3. The largest absolute Gasteiger partial charge is 0.289 e. The summed E-state index contributed by atoms with van der Waals surface area (Å²) in [5.74, 6) is 0.771. The zero-order valence-electron chi connectivity index (χ0n) is 14.7. The normalized spacial score (nSPS) is 10.8. The van der Waals surface area contributed by atoms with Gasteiger partial charge in [0.25, 0.3) is 0 Å². The summed E-state index contributed by atoms with van der Waals surface area (Å²) in [5.41, 5.74) is 3.61. The molecule has 0 saturated carbocycles. The van der Waals surface area contributed by atoms with Crippen LogP contribution in [-0.4, -0.2) is 20.5 Å². The molecule has 0 amide bonds. The minimum atomic E-state index is -0.0524. The monoisotopic (exact) mass is 407 g/mol. The summed E-state index contributed by atoms with van der Waals surface area (Å²) in [6, 6.07) is 22.2. The first-order valence-electron chi connectivity index (χ1n) is 8.63. The number of rotatable bonds is 5. The number of alkyl halides is 1. The molecule has 0 aliphatic rings. The molecule has 138 valence electrons. The van der Waals surface area contributed by atoms with Gasteiger partial charge in [-0.3, -0.25) is 9.36 Å². The number of carbonyl (C=O) groups is 1. The first-order valence-corrected chi connectivity index (χ1v) is 9.54. The fraction of sp³-hybridized carbons (Fsp3) is 0.0455. The second kappa shape index (κ2) is 7.97. The first kappa shape index (κ1) is 18.4. The molecule has 6 heteroatoms. The SMILES string of the molecule is O=C(c1ccccc1)c1ccccc1-c1cc(Cl)ccc1-n1cnnc1CCl. The van der Waals surface area contributed by atoms with Crippen LogP contribution in [-0.2, 0) is 5.88 Å². The molecule has 0 unspecified atom stereocenters. The Balaban J connectivity index is 1.92. The topological polar surface area (TPSA) is 47.8 Å². The van der Waals surface area contributed by atoms with E-state index in [1.54, 1.807) is 12.4 Å². The zero-order valence-corrected chi connectivity index (χ0v) is 16.2. The van der Waals surface area contributed by atoms with Crippen LogP contribution in [0.25, 0.3) is 16.8 Å². The molecule has 4 rings (SSSR count). The van der Waals surface area contributed by atoms with Gasteiger partial charge in [-0.1, -0.05) is 66.2 Å². The fourth-order valence-electron chi connectivity index (χ4n) is 3.15. The van der Waals surface area contributed by atoms with E-state index in [1.165, 1.54) is 0 Å². The summed E-state index contributed by atoms with van der Waals surface area (Å²) >= 11 is 12.3. The number of aromatic nitrogens is 3. The van der Waals surface area contributed by atoms with E-state index < -0.39 is 0 Å². The molecule has 0 saturated heterocycles. The summed E-state index contributed by atoms with van der Waals surface area (Å²) in [6.07, 6.45) is 1.60. The smallest absolute Gasteiger partial charge is 0.193 e. The summed E-state index contributed by atoms with van der Waals surface area (Å²) in [7, 11) is 0. The Kier molecular flexibility index (Phi) is 5.24. The van der Waals surface area contributed by atoms with Crippen molar-refractivity contribution in [3.05, 3.63) is 101 Å². The highest BCUT2D eigenvalue weighted by molar-refractivity contribution is 6.31. The minimum absolute atomic E-state index is 0.0524. The van der Waals surface area contributed by atoms with Crippen LogP contribution in [0, 0.1) is 0 Å². The molecule has 0 radical (unpaired) electrons. The average Bonchev–Trinajstić information content (AvgIpc) is 3.22. The highest BCUT2D eigenvalue weighted by Crippen LogP contribution is 2.33. The van der Waals surface area contributed by atoms with Crippen molar-refractivity contribution in [1.82, 2.24) is 14.8 Å². The van der Waals surface area contributed by atoms with Crippen molar-refractivity contribution in [3.8, 4) is 16.8 Å². The summed E-state index contributed by atoms with van der Waals surface area (Å²) < 4.78 is 1.81. The van der Waals surface area contributed by atoms with Gasteiger partial charge in [-0.15, -0.1) is 21.8 Å². The standard InChI is InChI=1S/C22H15Cl2N3O/c23-13-21-26-25-14-27(21)20-11-10-16(24)12-19(20)17-8-4-5-9-18(17)22(28)15-6-2-1-3-7-15/h1-12,14H,13H2. The van der Waals surface area contributed by atoms with Crippen LogP contribution in [0.2, 0.25) is 5.02 Å². The molecule has 0 aliphatic heterocycles. The highest BCUT2D eigenvalue weighted by Gasteiger charge is 2.18. The van der Waals surface area contributed by atoms with Gasteiger partial charge in [0.2, 0.25) is 0 Å². The Labute approximate surface area is 172 Å². The van der Waals surface area contributed by atoms with Crippen molar-refractivity contribution in [3.63, 3.8) is 0 Å². The van der Waals surface area contributed by atoms with Crippen LogP contribution in [0.3, 0.4) is 0 Å². The molecule has 0 N–H and O–H groups in total. The van der Waals surface area contributed by atoms with Gasteiger partial charge in [-0.2, -0.15) is 0 Å². The molecule has 0 bridgehead atoms. The molecule has 4 nitrogen and oxygen atoms in total. The van der Waals surface area contributed by atoms with Crippen molar-refractivity contribution in [2.45, 2.75) is 5.88 Å². The quantitative estimate of drug-likeness (QED) is 0.321. The lowest BCUT2D eigenvalue weighted by molar-refractivity contribution is 0.103. The zero-order chi connectivity index (χ0) is 19.5. The van der Waals surface area contributed by atoms with E-state index in [9.17, 15) is 4.79 Å². The van der Waals surface area contributed by atoms with E-state index in [0.29, 0.717) is 22.0 Å². The van der Waals surface area contributed by atoms with Crippen molar-refractivity contribution < 1.29 is 4.79 Å². The molecular formula is C22H15Cl2N3O. The molecule has 0 spiro atoms. The Morgan fingerprint density at radius 3 is 2.46 bits per heavy atom. The summed E-state index contributed by atoms with van der Waals surface area (Å²) in [4.78, 5) is 13.2. The van der Waals surface area contributed by atoms with Crippen molar-refractivity contribution in [1.29, 1.82) is 0 Å². The van der Waals surface area contributed by atoms with Crippen LogP contribution in [0.1, 0.15) is 21.7 Å². The molecule has 0 atom stereocenters. The van der Waals surface area contributed by atoms with Crippen LogP contribution in [0.15, 0.2) is 79.1 Å². The molecule has 28 heavy (non-hydrogen) atoms. The maximum absolute atomic E-state index is 13.2. The minimum Gasteiger partial charge on any atom is -0.289 e. The van der Waals surface area contributed by atoms with Gasteiger partial charge in [0.05, 0.1) is 11.6 Å². The van der Waals surface area contributed by atoms with Crippen LogP contribution < -0.4 is 0 Å². The third kappa shape index (κ3) is 3.44. The Bertz CT molecular complexity index is 1140. The number of halogens is 2. The molecule has 3 aromatic carbocycles. The van der Waals surface area contributed by atoms with Crippen molar-refractivity contribution in [2.75, 3.05) is 0 Å². The van der Waals surface area contributed by atoms with E-state index in [1.807, 2.05) is 71.3 Å². The van der Waals surface area contributed by atoms with Gasteiger partial charge in [-0.25, -0.2) is 0 Å². The maximum atomic E-state index is 13.2. The van der Waals surface area contributed by atoms with Crippen LogP contribution >= 0.6 is 23.2 Å². The van der Waals surface area contributed by atoms with Crippen LogP contribution in [0.4, 0.5) is 0 Å². The number of ketones is 1. The van der Waals surface area contributed by atoms with Crippen molar-refractivity contribution >= 4 is 29.0 Å².